The number of aromatic nitrogens is 2. The van der Waals surface area contributed by atoms with E-state index in [2.05, 4.69) is 20.3 Å². The van der Waals surface area contributed by atoms with Crippen LogP contribution in [0.2, 0.25) is 0 Å². The van der Waals surface area contributed by atoms with Crippen LogP contribution in [-0.2, 0) is 29.1 Å². The third-order valence-corrected chi connectivity index (χ3v) is 7.25. The summed E-state index contributed by atoms with van der Waals surface area (Å²) in [6.07, 6.45) is 2.56. The summed E-state index contributed by atoms with van der Waals surface area (Å²) in [6.45, 7) is 6.16. The fourth-order valence-corrected chi connectivity index (χ4v) is 5.14. The van der Waals surface area contributed by atoms with E-state index in [0.717, 1.165) is 28.3 Å². The van der Waals surface area contributed by atoms with E-state index in [1.165, 1.54) is 20.4 Å². The molecule has 0 saturated carbocycles. The first-order valence-electron chi connectivity index (χ1n) is 13.1. The van der Waals surface area contributed by atoms with Crippen molar-refractivity contribution in [3.63, 3.8) is 0 Å². The number of anilines is 2. The number of nitrogens with one attached hydrogen (secondary N) is 3. The van der Waals surface area contributed by atoms with Crippen LogP contribution in [0.25, 0.3) is 10.9 Å². The SMILES string of the molecule is CNC(=O)c1cc(OCc2cccc3cc(C(=O)Nc4cc(C(C)(C)C)cc(NS(C)(=O)=O)c4OC)n(C)c23)ccn1. The Hall–Kier alpha value is -4.58. The largest absolute Gasteiger partial charge is 0.492 e. The Bertz CT molecular complexity index is 1770. The second-order valence-electron chi connectivity index (χ2n) is 10.9. The number of ether oxygens (including phenoxy) is 2. The number of nitrogens with zero attached hydrogens (tertiary/aromatic N) is 2. The third kappa shape index (κ3) is 6.65. The highest BCUT2D eigenvalue weighted by Crippen LogP contribution is 2.39. The van der Waals surface area contributed by atoms with Crippen LogP contribution in [0.5, 0.6) is 11.5 Å². The number of benzene rings is 2. The van der Waals surface area contributed by atoms with Crippen molar-refractivity contribution in [3.05, 3.63) is 77.2 Å². The summed E-state index contributed by atoms with van der Waals surface area (Å²) in [5.74, 6) is -0.0377. The Morgan fingerprint density at radius 3 is 2.38 bits per heavy atom. The lowest BCUT2D eigenvalue weighted by atomic mass is 9.86. The van der Waals surface area contributed by atoms with E-state index in [4.69, 9.17) is 9.47 Å². The predicted molar refractivity (Wildman–Crippen MR) is 163 cm³/mol. The summed E-state index contributed by atoms with van der Waals surface area (Å²) in [5.41, 5.74) is 3.28. The number of hydrogen-bond acceptors (Lipinski definition) is 7. The number of para-hydroxylation sites is 1. The quantitative estimate of drug-likeness (QED) is 0.261. The van der Waals surface area contributed by atoms with Gasteiger partial charge in [0.25, 0.3) is 11.8 Å². The highest BCUT2D eigenvalue weighted by atomic mass is 32.2. The van der Waals surface area contributed by atoms with E-state index in [9.17, 15) is 18.0 Å². The van der Waals surface area contributed by atoms with Crippen LogP contribution in [0.3, 0.4) is 0 Å². The van der Waals surface area contributed by atoms with E-state index in [1.807, 2.05) is 39.0 Å². The van der Waals surface area contributed by atoms with E-state index in [0.29, 0.717) is 17.1 Å². The summed E-state index contributed by atoms with van der Waals surface area (Å²) in [4.78, 5) is 29.6. The van der Waals surface area contributed by atoms with Crippen molar-refractivity contribution in [2.45, 2.75) is 32.8 Å². The van der Waals surface area contributed by atoms with Gasteiger partial charge in [-0.2, -0.15) is 0 Å². The summed E-state index contributed by atoms with van der Waals surface area (Å²) in [6, 6.07) is 14.2. The lowest BCUT2D eigenvalue weighted by Gasteiger charge is -2.24. The van der Waals surface area contributed by atoms with E-state index < -0.39 is 15.9 Å². The fraction of sp³-hybridized carbons (Fsp3) is 0.300. The molecule has 222 valence electrons. The molecule has 2 amide bonds. The molecule has 4 rings (SSSR count). The topological polar surface area (TPSA) is 141 Å². The van der Waals surface area contributed by atoms with Crippen molar-refractivity contribution >= 4 is 44.1 Å². The van der Waals surface area contributed by atoms with E-state index >= 15 is 0 Å². The van der Waals surface area contributed by atoms with E-state index in [1.54, 1.807) is 41.9 Å². The third-order valence-electron chi connectivity index (χ3n) is 6.66. The zero-order chi connectivity index (χ0) is 30.8. The number of carbonyl (C=O) groups excluding carboxylic acids is 2. The van der Waals surface area contributed by atoms with Gasteiger partial charge in [0, 0.05) is 37.3 Å². The molecular weight excluding hydrogens is 558 g/mol. The molecule has 0 atom stereocenters. The second kappa shape index (κ2) is 11.7. The molecule has 3 N–H and O–H groups in total. The van der Waals surface area contributed by atoms with Gasteiger partial charge in [-0.15, -0.1) is 0 Å². The van der Waals surface area contributed by atoms with Gasteiger partial charge in [0.05, 0.1) is 30.3 Å². The first-order valence-corrected chi connectivity index (χ1v) is 15.0. The lowest BCUT2D eigenvalue weighted by molar-refractivity contribution is 0.0956. The molecule has 0 radical (unpaired) electrons. The average Bonchev–Trinajstić information content (AvgIpc) is 3.27. The number of hydrogen-bond donors (Lipinski definition) is 3. The minimum absolute atomic E-state index is 0.190. The number of carbonyl (C=O) groups is 2. The Morgan fingerprint density at radius 1 is 1.02 bits per heavy atom. The number of amides is 2. The lowest BCUT2D eigenvalue weighted by Crippen LogP contribution is -2.19. The standard InChI is InChI=1S/C30H35N5O6S/c1-30(2,3)20-14-22(27(40-6)23(15-20)34-42(7,38)39)33-29(37)25-13-18-9-8-10-19(26(18)35(25)5)17-41-21-11-12-32-24(16-21)28(36)31-4/h8-16,34H,17H2,1-7H3,(H,31,36)(H,33,37). The van der Waals surface area contributed by atoms with Crippen molar-refractivity contribution in [2.24, 2.45) is 7.05 Å². The number of sulfonamides is 1. The molecule has 0 aliphatic heterocycles. The minimum Gasteiger partial charge on any atom is -0.492 e. The molecule has 2 aromatic heterocycles. The molecule has 0 spiro atoms. The number of fused-ring (bicyclic) bond motifs is 1. The molecule has 0 fully saturated rings. The highest BCUT2D eigenvalue weighted by Gasteiger charge is 2.24. The van der Waals surface area contributed by atoms with Crippen molar-refractivity contribution in [1.82, 2.24) is 14.9 Å². The van der Waals surface area contributed by atoms with Gasteiger partial charge in [-0.05, 0) is 35.2 Å². The van der Waals surface area contributed by atoms with Gasteiger partial charge in [0.2, 0.25) is 10.0 Å². The van der Waals surface area contributed by atoms with Crippen molar-refractivity contribution < 1.29 is 27.5 Å². The molecule has 0 bridgehead atoms. The van der Waals surface area contributed by atoms with Crippen molar-refractivity contribution in [2.75, 3.05) is 30.5 Å². The maximum Gasteiger partial charge on any atom is 0.272 e. The molecule has 0 saturated heterocycles. The number of methoxy groups -OCH3 is 1. The fourth-order valence-electron chi connectivity index (χ4n) is 4.59. The van der Waals surface area contributed by atoms with Gasteiger partial charge in [0.1, 0.15) is 23.7 Å². The second-order valence-corrected chi connectivity index (χ2v) is 12.6. The zero-order valence-electron chi connectivity index (χ0n) is 24.7. The summed E-state index contributed by atoms with van der Waals surface area (Å²) in [5, 5.41) is 6.29. The molecule has 12 heteroatoms. The molecule has 4 aromatic rings. The Balaban J connectivity index is 1.67. The average molecular weight is 594 g/mol. The first-order chi connectivity index (χ1) is 19.7. The number of pyridine rings is 1. The maximum atomic E-state index is 13.6. The van der Waals surface area contributed by atoms with Crippen LogP contribution < -0.4 is 24.8 Å². The molecular formula is C30H35N5O6S. The summed E-state index contributed by atoms with van der Waals surface area (Å²) < 4.78 is 40.0. The van der Waals surface area contributed by atoms with E-state index in [-0.39, 0.29) is 35.1 Å². The summed E-state index contributed by atoms with van der Waals surface area (Å²) in [7, 11) is 1.12. The highest BCUT2D eigenvalue weighted by molar-refractivity contribution is 7.92. The molecule has 2 aromatic carbocycles. The normalized spacial score (nSPS) is 11.7. The number of aryl methyl sites for hydroxylation is 1. The monoisotopic (exact) mass is 593 g/mol. The molecule has 11 nitrogen and oxygen atoms in total. The number of rotatable bonds is 9. The Labute approximate surface area is 245 Å². The minimum atomic E-state index is -3.61. The van der Waals surface area contributed by atoms with Crippen molar-refractivity contribution in [3.8, 4) is 11.5 Å². The van der Waals surface area contributed by atoms with Crippen LogP contribution in [0.4, 0.5) is 11.4 Å². The van der Waals surface area contributed by atoms with Gasteiger partial charge in [-0.25, -0.2) is 8.42 Å². The maximum absolute atomic E-state index is 13.6. The molecule has 42 heavy (non-hydrogen) atoms. The molecule has 2 heterocycles. The summed E-state index contributed by atoms with van der Waals surface area (Å²) >= 11 is 0. The van der Waals surface area contributed by atoms with Gasteiger partial charge in [-0.3, -0.25) is 19.3 Å². The van der Waals surface area contributed by atoms with Gasteiger partial charge >= 0.3 is 0 Å². The van der Waals surface area contributed by atoms with Gasteiger partial charge < -0.3 is 24.7 Å². The van der Waals surface area contributed by atoms with Crippen LogP contribution in [0, 0.1) is 0 Å². The molecule has 0 aliphatic rings. The predicted octanol–water partition coefficient (Wildman–Crippen LogP) is 4.44. The van der Waals surface area contributed by atoms with Crippen LogP contribution in [-0.4, -0.2) is 50.2 Å². The van der Waals surface area contributed by atoms with Crippen LogP contribution >= 0.6 is 0 Å². The smallest absolute Gasteiger partial charge is 0.272 e. The van der Waals surface area contributed by atoms with Crippen LogP contribution in [0.15, 0.2) is 54.7 Å². The van der Waals surface area contributed by atoms with Gasteiger partial charge in [-0.1, -0.05) is 39.0 Å². The Kier molecular flexibility index (Phi) is 8.48. The van der Waals surface area contributed by atoms with Gasteiger partial charge in [0.15, 0.2) is 5.75 Å². The van der Waals surface area contributed by atoms with Crippen LogP contribution in [0.1, 0.15) is 52.9 Å². The van der Waals surface area contributed by atoms with Crippen molar-refractivity contribution in [1.29, 1.82) is 0 Å². The zero-order valence-corrected chi connectivity index (χ0v) is 25.5. The molecule has 0 aliphatic carbocycles. The molecule has 0 unspecified atom stereocenters. The first kappa shape index (κ1) is 30.4. The Morgan fingerprint density at radius 2 is 1.74 bits per heavy atom.